The lowest BCUT2D eigenvalue weighted by Gasteiger charge is -2.04. The molecule has 0 aromatic rings. The van der Waals surface area contributed by atoms with Crippen LogP contribution >= 0.6 is 0 Å². The van der Waals surface area contributed by atoms with Gasteiger partial charge >= 0.3 is 5.97 Å². The smallest absolute Gasteiger partial charge is 0.307 e. The molecule has 0 aliphatic heterocycles. The van der Waals surface area contributed by atoms with Gasteiger partial charge in [-0.2, -0.15) is 0 Å². The summed E-state index contributed by atoms with van der Waals surface area (Å²) in [6.07, 6.45) is 15.4. The van der Waals surface area contributed by atoms with E-state index in [0.717, 1.165) is 32.0 Å². The van der Waals surface area contributed by atoms with Crippen molar-refractivity contribution in [1.29, 1.82) is 0 Å². The molecule has 0 fully saturated rings. The van der Waals surface area contributed by atoms with Gasteiger partial charge in [-0.05, 0) is 12.8 Å². The zero-order chi connectivity index (χ0) is 15.6. The van der Waals surface area contributed by atoms with Gasteiger partial charge in [0.05, 0.1) is 0 Å². The van der Waals surface area contributed by atoms with Crippen molar-refractivity contribution in [3.8, 4) is 0 Å². The Balaban J connectivity index is 3.05. The first-order valence-electron chi connectivity index (χ1n) is 8.39. The van der Waals surface area contributed by atoms with E-state index in [4.69, 9.17) is 4.74 Å². The van der Waals surface area contributed by atoms with Crippen LogP contribution in [0.2, 0.25) is 0 Å². The number of unbranched alkanes of at least 4 members (excludes halogenated alkanes) is 11. The Kier molecular flexibility index (Phi) is 16.4. The maximum absolute atomic E-state index is 11.2. The molecule has 0 bridgehead atoms. The van der Waals surface area contributed by atoms with E-state index in [1.54, 1.807) is 0 Å². The molecule has 0 radical (unpaired) electrons. The van der Waals surface area contributed by atoms with Gasteiger partial charge in [-0.1, -0.05) is 57.8 Å². The Labute approximate surface area is 129 Å². The monoisotopic (exact) mass is 300 g/mol. The van der Waals surface area contributed by atoms with Crippen molar-refractivity contribution in [2.24, 2.45) is 0 Å². The van der Waals surface area contributed by atoms with Crippen LogP contribution in [-0.4, -0.2) is 26.2 Å². The molecule has 0 saturated heterocycles. The number of ether oxygens (including phenoxy) is 2. The molecule has 0 atom stereocenters. The highest BCUT2D eigenvalue weighted by molar-refractivity contribution is 5.69. The molecule has 0 aromatic carbocycles. The summed E-state index contributed by atoms with van der Waals surface area (Å²) in [4.78, 5) is 21.3. The number of carbonyl (C=O) groups excluding carboxylic acids is 2. The minimum atomic E-state index is -0.161. The van der Waals surface area contributed by atoms with Crippen LogP contribution in [0.3, 0.4) is 0 Å². The lowest BCUT2D eigenvalue weighted by molar-refractivity contribution is -0.154. The van der Waals surface area contributed by atoms with E-state index >= 15 is 0 Å². The predicted molar refractivity (Wildman–Crippen MR) is 84.1 cm³/mol. The fourth-order valence-corrected chi connectivity index (χ4v) is 2.28. The van der Waals surface area contributed by atoms with Gasteiger partial charge in [-0.3, -0.25) is 4.79 Å². The summed E-state index contributed by atoms with van der Waals surface area (Å²) < 4.78 is 9.49. The first-order valence-corrected chi connectivity index (χ1v) is 8.39. The highest BCUT2D eigenvalue weighted by Gasteiger charge is 2.01. The number of hydrogen-bond donors (Lipinski definition) is 0. The number of rotatable bonds is 16. The highest BCUT2D eigenvalue weighted by Crippen LogP contribution is 2.12. The Bertz CT molecular complexity index is 241. The normalized spacial score (nSPS) is 10.5. The lowest BCUT2D eigenvalue weighted by Crippen LogP contribution is -2.06. The van der Waals surface area contributed by atoms with Crippen LogP contribution in [0.15, 0.2) is 0 Å². The summed E-state index contributed by atoms with van der Waals surface area (Å²) in [6, 6.07) is 0. The van der Waals surface area contributed by atoms with Gasteiger partial charge in [0.15, 0.2) is 6.79 Å². The summed E-state index contributed by atoms with van der Waals surface area (Å²) in [5.41, 5.74) is 0. The van der Waals surface area contributed by atoms with Gasteiger partial charge in [-0.25, -0.2) is 0 Å². The Morgan fingerprint density at radius 1 is 0.810 bits per heavy atom. The van der Waals surface area contributed by atoms with Crippen LogP contribution in [0.5, 0.6) is 0 Å². The standard InChI is InChI=1S/C17H32O4/c1-20-16-21-17(19)14-12-10-8-6-4-2-3-5-7-9-11-13-15-18/h15H,2-14,16H2,1H3. The van der Waals surface area contributed by atoms with Gasteiger partial charge < -0.3 is 14.3 Å². The summed E-state index contributed by atoms with van der Waals surface area (Å²) in [6.45, 7) is 0.0635. The fraction of sp³-hybridized carbons (Fsp3) is 0.882. The van der Waals surface area contributed by atoms with Crippen molar-refractivity contribution in [2.75, 3.05) is 13.9 Å². The number of hydrogen-bond acceptors (Lipinski definition) is 4. The molecule has 0 N–H and O–H groups in total. The molecule has 124 valence electrons. The second-order valence-electron chi connectivity index (χ2n) is 5.52. The van der Waals surface area contributed by atoms with E-state index in [1.165, 1.54) is 58.5 Å². The quantitative estimate of drug-likeness (QED) is 0.183. The van der Waals surface area contributed by atoms with Gasteiger partial charge in [-0.15, -0.1) is 0 Å². The lowest BCUT2D eigenvalue weighted by atomic mass is 10.0. The topological polar surface area (TPSA) is 52.6 Å². The third-order valence-corrected chi connectivity index (χ3v) is 3.54. The number of esters is 1. The van der Waals surface area contributed by atoms with E-state index in [1.807, 2.05) is 0 Å². The molecule has 0 aliphatic carbocycles. The Hall–Kier alpha value is -0.900. The molecule has 0 rings (SSSR count). The van der Waals surface area contributed by atoms with Crippen LogP contribution < -0.4 is 0 Å². The Morgan fingerprint density at radius 2 is 1.29 bits per heavy atom. The molecule has 4 nitrogen and oxygen atoms in total. The molecule has 0 amide bonds. The number of methoxy groups -OCH3 is 1. The molecular weight excluding hydrogens is 268 g/mol. The van der Waals surface area contributed by atoms with Crippen LogP contribution in [-0.2, 0) is 19.1 Å². The minimum absolute atomic E-state index is 0.0635. The SMILES string of the molecule is COCOC(=O)CCCCCCCCCCCCCC=O. The molecule has 0 unspecified atom stereocenters. The third kappa shape index (κ3) is 17.0. The number of carbonyl (C=O) groups is 2. The van der Waals surface area contributed by atoms with Gasteiger partial charge in [0.2, 0.25) is 0 Å². The van der Waals surface area contributed by atoms with Gasteiger partial charge in [0.25, 0.3) is 0 Å². The largest absolute Gasteiger partial charge is 0.438 e. The molecule has 0 spiro atoms. The second-order valence-corrected chi connectivity index (χ2v) is 5.52. The zero-order valence-corrected chi connectivity index (χ0v) is 13.6. The molecule has 0 aliphatic rings. The van der Waals surface area contributed by atoms with Crippen LogP contribution in [0.4, 0.5) is 0 Å². The molecule has 21 heavy (non-hydrogen) atoms. The van der Waals surface area contributed by atoms with Crippen LogP contribution in [0.25, 0.3) is 0 Å². The molecular formula is C17H32O4. The molecule has 4 heteroatoms. The summed E-state index contributed by atoms with van der Waals surface area (Å²) in [5.74, 6) is -0.161. The zero-order valence-electron chi connectivity index (χ0n) is 13.6. The Morgan fingerprint density at radius 3 is 1.76 bits per heavy atom. The van der Waals surface area contributed by atoms with Crippen molar-refractivity contribution < 1.29 is 19.1 Å². The summed E-state index contributed by atoms with van der Waals surface area (Å²) in [7, 11) is 1.51. The molecule has 0 heterocycles. The highest BCUT2D eigenvalue weighted by atomic mass is 16.7. The van der Waals surface area contributed by atoms with Crippen molar-refractivity contribution in [3.63, 3.8) is 0 Å². The minimum Gasteiger partial charge on any atom is -0.438 e. The molecule has 0 aromatic heterocycles. The molecule has 0 saturated carbocycles. The van der Waals surface area contributed by atoms with Crippen molar-refractivity contribution >= 4 is 12.3 Å². The first-order chi connectivity index (χ1) is 10.3. The van der Waals surface area contributed by atoms with E-state index in [2.05, 4.69) is 4.74 Å². The van der Waals surface area contributed by atoms with Crippen LogP contribution in [0, 0.1) is 0 Å². The maximum atomic E-state index is 11.2. The fourth-order valence-electron chi connectivity index (χ4n) is 2.28. The van der Waals surface area contributed by atoms with E-state index < -0.39 is 0 Å². The van der Waals surface area contributed by atoms with Gasteiger partial charge in [0, 0.05) is 20.0 Å². The summed E-state index contributed by atoms with van der Waals surface area (Å²) >= 11 is 0. The van der Waals surface area contributed by atoms with E-state index in [-0.39, 0.29) is 12.8 Å². The first kappa shape index (κ1) is 20.1. The van der Waals surface area contributed by atoms with Crippen molar-refractivity contribution in [2.45, 2.75) is 83.5 Å². The summed E-state index contributed by atoms with van der Waals surface area (Å²) in [5, 5.41) is 0. The van der Waals surface area contributed by atoms with Crippen molar-refractivity contribution in [3.05, 3.63) is 0 Å². The average molecular weight is 300 g/mol. The third-order valence-electron chi connectivity index (χ3n) is 3.54. The van der Waals surface area contributed by atoms with Gasteiger partial charge in [0.1, 0.15) is 6.29 Å². The van der Waals surface area contributed by atoms with Crippen LogP contribution in [0.1, 0.15) is 83.5 Å². The van der Waals surface area contributed by atoms with E-state index in [9.17, 15) is 9.59 Å². The number of aldehydes is 1. The second kappa shape index (κ2) is 17.2. The van der Waals surface area contributed by atoms with Crippen molar-refractivity contribution in [1.82, 2.24) is 0 Å². The predicted octanol–water partition coefficient (Wildman–Crippen LogP) is 4.40. The maximum Gasteiger partial charge on any atom is 0.307 e. The average Bonchev–Trinajstić information content (AvgIpc) is 2.49. The van der Waals surface area contributed by atoms with E-state index in [0.29, 0.717) is 6.42 Å².